The van der Waals surface area contributed by atoms with E-state index in [-0.39, 0.29) is 23.8 Å². The van der Waals surface area contributed by atoms with Crippen LogP contribution in [0.3, 0.4) is 0 Å². The summed E-state index contributed by atoms with van der Waals surface area (Å²) in [5.74, 6) is -1.03. The van der Waals surface area contributed by atoms with Gasteiger partial charge in [-0.3, -0.25) is 4.79 Å². The highest BCUT2D eigenvalue weighted by Crippen LogP contribution is 2.39. The molecule has 0 bridgehead atoms. The second-order valence-electron chi connectivity index (χ2n) is 15.8. The molecule has 1 aliphatic heterocycles. The number of benzene rings is 5. The van der Waals surface area contributed by atoms with E-state index < -0.39 is 70.6 Å². The van der Waals surface area contributed by atoms with Gasteiger partial charge >= 0.3 is 11.7 Å². The van der Waals surface area contributed by atoms with Crippen LogP contribution in [-0.2, 0) is 26.0 Å². The molecule has 2 atom stereocenters. The molecule has 1 amide bonds. The van der Waals surface area contributed by atoms with Crippen LogP contribution in [0.1, 0.15) is 46.9 Å². The number of carbonyl (C=O) groups excluding carboxylic acids is 1. The van der Waals surface area contributed by atoms with E-state index in [1.165, 1.54) is 36.0 Å². The number of piperidine rings is 1. The summed E-state index contributed by atoms with van der Waals surface area (Å²) in [6.07, 6.45) is -4.00. The molecule has 0 saturated carbocycles. The number of hydrogen-bond donors (Lipinski definition) is 4. The molecule has 0 aliphatic carbocycles. The van der Waals surface area contributed by atoms with Crippen molar-refractivity contribution in [3.63, 3.8) is 0 Å². The summed E-state index contributed by atoms with van der Waals surface area (Å²) in [6, 6.07) is 28.3. The van der Waals surface area contributed by atoms with Crippen LogP contribution in [0.5, 0.6) is 0 Å². The van der Waals surface area contributed by atoms with Crippen molar-refractivity contribution < 1.29 is 58.2 Å². The lowest BCUT2D eigenvalue weighted by Crippen LogP contribution is -2.36. The third-order valence-corrected chi connectivity index (χ3v) is 15.3. The lowest BCUT2D eigenvalue weighted by atomic mass is 9.84. The topological polar surface area (TPSA) is 156 Å². The molecule has 1 aliphatic rings. The Labute approximate surface area is 383 Å². The number of alkyl halides is 6. The third kappa shape index (κ3) is 12.4. The summed E-state index contributed by atoms with van der Waals surface area (Å²) in [7, 11) is -9.31. The number of anilines is 2. The van der Waals surface area contributed by atoms with E-state index in [1.54, 1.807) is 48.3 Å². The minimum absolute atomic E-state index is 0.112. The maximum atomic E-state index is 14.1. The minimum Gasteiger partial charge on any atom is -0.395 e. The zero-order chi connectivity index (χ0) is 47.9. The van der Waals surface area contributed by atoms with Crippen molar-refractivity contribution in [2.75, 3.05) is 55.8 Å². The summed E-state index contributed by atoms with van der Waals surface area (Å²) in [4.78, 5) is 15.7. The number of nitrogens with zero attached hydrogens (tertiary/aromatic N) is 2. The predicted molar refractivity (Wildman–Crippen MR) is 241 cm³/mol. The van der Waals surface area contributed by atoms with Gasteiger partial charge < -0.3 is 25.3 Å². The predicted octanol–water partition coefficient (Wildman–Crippen LogP) is 8.62. The van der Waals surface area contributed by atoms with Gasteiger partial charge in [0.1, 0.15) is 4.90 Å². The minimum atomic E-state index is -6.12. The average Bonchev–Trinajstić information content (AvgIpc) is 3.29. The molecule has 1 heterocycles. The Bertz CT molecular complexity index is 2650. The summed E-state index contributed by atoms with van der Waals surface area (Å²) in [5.41, 5.74) is -4.76. The van der Waals surface area contributed by atoms with Crippen LogP contribution in [0.4, 0.5) is 37.7 Å². The number of thioether (sulfide) groups is 1. The van der Waals surface area contributed by atoms with Crippen LogP contribution in [0.2, 0.25) is 0 Å². The summed E-state index contributed by atoms with van der Waals surface area (Å²) < 4.78 is 137. The Hall–Kier alpha value is -5.12. The van der Waals surface area contributed by atoms with Gasteiger partial charge in [-0.05, 0) is 122 Å². The summed E-state index contributed by atoms with van der Waals surface area (Å²) >= 11 is 1.37. The first-order chi connectivity index (χ1) is 31.2. The fourth-order valence-corrected chi connectivity index (χ4v) is 10.6. The second-order valence-corrected chi connectivity index (χ2v) is 20.5. The van der Waals surface area contributed by atoms with Crippen molar-refractivity contribution in [1.29, 1.82) is 0 Å². The van der Waals surface area contributed by atoms with E-state index in [1.807, 2.05) is 40.0 Å². The van der Waals surface area contributed by atoms with E-state index in [4.69, 9.17) is 0 Å². The van der Waals surface area contributed by atoms with Gasteiger partial charge in [0.2, 0.25) is 0 Å². The second kappa shape index (κ2) is 21.2. The van der Waals surface area contributed by atoms with E-state index in [9.17, 15) is 58.2 Å². The molecule has 1 saturated heterocycles. The van der Waals surface area contributed by atoms with Gasteiger partial charge in [0.15, 0.2) is 0 Å². The van der Waals surface area contributed by atoms with Crippen LogP contribution < -0.4 is 14.9 Å². The smallest absolute Gasteiger partial charge is 0.395 e. The van der Waals surface area contributed by atoms with Crippen molar-refractivity contribution in [3.8, 4) is 11.1 Å². The first-order valence-electron chi connectivity index (χ1n) is 20.7. The number of amides is 1. The molecular formula is C46H48F6N4O7S3. The Kier molecular flexibility index (Phi) is 16.2. The van der Waals surface area contributed by atoms with E-state index >= 15 is 0 Å². The number of halogens is 6. The number of nitrogens with one attached hydrogen (secondary N) is 2. The molecule has 1 unspecified atom stereocenters. The third-order valence-electron chi connectivity index (χ3n) is 11.3. The first kappa shape index (κ1) is 50.3. The molecule has 11 nitrogen and oxygen atoms in total. The van der Waals surface area contributed by atoms with Crippen LogP contribution >= 0.6 is 11.8 Å². The molecule has 4 N–H and O–H groups in total. The molecule has 20 heteroatoms. The fraction of sp³-hybridized carbons (Fsp3) is 0.326. The Morgan fingerprint density at radius 2 is 1.47 bits per heavy atom. The maximum Gasteiger partial charge on any atom is 0.501 e. The van der Waals surface area contributed by atoms with Crippen molar-refractivity contribution >= 4 is 48.9 Å². The number of sulfone groups is 1. The SMILES string of the molecule is CN(CCO)CC[C@H](CSc1ccccc1)Nc1ccc(S(=O)(=O)NC(=O)c2ccc(N3CCC(C(O)c4ccccc4-c4ccc(C(F)(F)F)cc4)CC3)cc2)cc1S(=O)(=O)C(F)(F)F. The molecule has 1 fully saturated rings. The quantitative estimate of drug-likeness (QED) is 0.0493. The zero-order valence-corrected chi connectivity index (χ0v) is 37.9. The van der Waals surface area contributed by atoms with Crippen molar-refractivity contribution in [2.24, 2.45) is 5.92 Å². The highest BCUT2D eigenvalue weighted by molar-refractivity contribution is 7.99. The number of likely N-dealkylation sites (N-methyl/N-ethyl adjacent to an activating group) is 1. The van der Waals surface area contributed by atoms with Crippen LogP contribution in [0.15, 0.2) is 136 Å². The fourth-order valence-electron chi connectivity index (χ4n) is 7.57. The Balaban J connectivity index is 1.13. The maximum absolute atomic E-state index is 14.1. The van der Waals surface area contributed by atoms with Gasteiger partial charge in [-0.15, -0.1) is 11.8 Å². The standard InChI is InChI=1S/C46H48F6N4O7S3/c1-55(27-28-57)24-23-35(30-64-37-7-3-2-4-8-37)53-41-20-19-38(29-42(41)65(60,61)46(50,51)52)66(62,63)54-44(59)33-13-17-36(18-14-33)56-25-21-32(22-26-56)43(58)40-10-6-5-9-39(40)31-11-15-34(16-12-31)45(47,48)49/h2-20,29,32,35,43,53,57-58H,21-28,30H2,1H3,(H,54,59)/t35-,43?/m1/s1. The van der Waals surface area contributed by atoms with Gasteiger partial charge in [-0.25, -0.2) is 21.6 Å². The lowest BCUT2D eigenvalue weighted by Gasteiger charge is -2.36. The first-order valence-corrected chi connectivity index (χ1v) is 24.7. The molecule has 66 heavy (non-hydrogen) atoms. The number of sulfonamides is 1. The van der Waals surface area contributed by atoms with Crippen LogP contribution in [0, 0.1) is 5.92 Å². The molecule has 6 rings (SSSR count). The number of carbonyl (C=O) groups is 1. The van der Waals surface area contributed by atoms with E-state index in [0.717, 1.165) is 29.2 Å². The number of hydrogen-bond acceptors (Lipinski definition) is 11. The van der Waals surface area contributed by atoms with Crippen molar-refractivity contribution in [2.45, 2.75) is 57.8 Å². The van der Waals surface area contributed by atoms with Crippen molar-refractivity contribution in [3.05, 3.63) is 138 Å². The normalized spacial score (nSPS) is 15.1. The molecule has 354 valence electrons. The van der Waals surface area contributed by atoms with Gasteiger partial charge in [-0.2, -0.15) is 26.3 Å². The van der Waals surface area contributed by atoms with Gasteiger partial charge in [0, 0.05) is 47.6 Å². The molecule has 0 radical (unpaired) electrons. The monoisotopic (exact) mass is 978 g/mol. The number of rotatable bonds is 18. The number of aliphatic hydroxyl groups excluding tert-OH is 2. The largest absolute Gasteiger partial charge is 0.501 e. The van der Waals surface area contributed by atoms with Crippen LogP contribution in [0.25, 0.3) is 11.1 Å². The van der Waals surface area contributed by atoms with Gasteiger partial charge in [-0.1, -0.05) is 54.6 Å². The number of aliphatic hydroxyl groups is 2. The summed E-state index contributed by atoms with van der Waals surface area (Å²) in [6.45, 7) is 1.55. The molecule has 5 aromatic rings. The zero-order valence-electron chi connectivity index (χ0n) is 35.5. The highest BCUT2D eigenvalue weighted by Gasteiger charge is 2.48. The van der Waals surface area contributed by atoms with E-state index in [2.05, 4.69) is 5.32 Å². The van der Waals surface area contributed by atoms with Crippen molar-refractivity contribution in [1.82, 2.24) is 9.62 Å². The molecular weight excluding hydrogens is 931 g/mol. The Morgan fingerprint density at radius 3 is 2.09 bits per heavy atom. The Morgan fingerprint density at radius 1 is 0.833 bits per heavy atom. The molecule has 5 aromatic carbocycles. The lowest BCUT2D eigenvalue weighted by molar-refractivity contribution is -0.137. The van der Waals surface area contributed by atoms with Gasteiger partial charge in [0.25, 0.3) is 25.8 Å². The molecule has 0 aromatic heterocycles. The summed E-state index contributed by atoms with van der Waals surface area (Å²) in [5, 5.41) is 23.7. The van der Waals surface area contributed by atoms with Crippen LogP contribution in [-0.4, -0.2) is 95.0 Å². The van der Waals surface area contributed by atoms with E-state index in [0.29, 0.717) is 73.9 Å². The van der Waals surface area contributed by atoms with Gasteiger partial charge in [0.05, 0.1) is 28.9 Å². The average molecular weight is 979 g/mol. The molecule has 0 spiro atoms. The highest BCUT2D eigenvalue weighted by atomic mass is 32.2.